The minimum atomic E-state index is -0.582. The van der Waals surface area contributed by atoms with Crippen molar-refractivity contribution in [1.82, 2.24) is 30.8 Å². The fourth-order valence-corrected chi connectivity index (χ4v) is 1.88. The Hall–Kier alpha value is -2.29. The number of aromatic nitrogens is 4. The molecule has 1 heterocycles. The number of nitrogens with zero attached hydrogens (tertiary/aromatic N) is 4. The van der Waals surface area contributed by atoms with E-state index in [1.807, 2.05) is 24.3 Å². The zero-order valence-electron chi connectivity index (χ0n) is 10.5. The number of carbonyl (C=O) groups is 2. The highest BCUT2D eigenvalue weighted by atomic mass is 79.9. The minimum Gasteiger partial charge on any atom is -0.341 e. The van der Waals surface area contributed by atoms with E-state index in [0.29, 0.717) is 5.82 Å². The molecule has 9 heteroatoms. The van der Waals surface area contributed by atoms with Gasteiger partial charge in [-0.1, -0.05) is 28.1 Å². The number of nitrogens with one attached hydrogen (secondary N) is 2. The van der Waals surface area contributed by atoms with Gasteiger partial charge in [0.2, 0.25) is 5.82 Å². The van der Waals surface area contributed by atoms with Gasteiger partial charge in [0.05, 0.1) is 0 Å². The third-order valence-corrected chi connectivity index (χ3v) is 3.02. The highest BCUT2D eigenvalue weighted by Crippen LogP contribution is 2.23. The summed E-state index contributed by atoms with van der Waals surface area (Å²) in [5.74, 6) is -0.134. The van der Waals surface area contributed by atoms with Crippen molar-refractivity contribution in [3.05, 3.63) is 28.7 Å². The summed E-state index contributed by atoms with van der Waals surface area (Å²) in [5, 5.41) is 16.1. The molecule has 0 radical (unpaired) electrons. The number of tetrazole rings is 1. The first-order valence-electron chi connectivity index (χ1n) is 5.64. The Kier molecular flexibility index (Phi) is 4.41. The van der Waals surface area contributed by atoms with Gasteiger partial charge in [-0.25, -0.2) is 4.79 Å². The Morgan fingerprint density at radius 3 is 2.80 bits per heavy atom. The number of amides is 3. The van der Waals surface area contributed by atoms with Gasteiger partial charge < -0.3 is 5.32 Å². The smallest absolute Gasteiger partial charge is 0.321 e. The van der Waals surface area contributed by atoms with Crippen LogP contribution in [0.15, 0.2) is 28.7 Å². The van der Waals surface area contributed by atoms with E-state index < -0.39 is 11.9 Å². The minimum absolute atomic E-state index is 0.190. The first-order chi connectivity index (χ1) is 9.60. The molecule has 2 rings (SSSR count). The monoisotopic (exact) mass is 338 g/mol. The zero-order chi connectivity index (χ0) is 14.5. The van der Waals surface area contributed by atoms with E-state index in [0.717, 1.165) is 14.8 Å². The molecule has 3 amide bonds. The molecular weight excluding hydrogens is 328 g/mol. The van der Waals surface area contributed by atoms with Crippen LogP contribution in [0.5, 0.6) is 0 Å². The second kappa shape index (κ2) is 6.24. The molecule has 0 bridgehead atoms. The van der Waals surface area contributed by atoms with Crippen LogP contribution in [0.25, 0.3) is 11.4 Å². The lowest BCUT2D eigenvalue weighted by molar-refractivity contribution is -0.121. The number of rotatable bonds is 3. The summed E-state index contributed by atoms with van der Waals surface area (Å²) >= 11 is 3.39. The number of hydrogen-bond acceptors (Lipinski definition) is 5. The lowest BCUT2D eigenvalue weighted by Gasteiger charge is -2.01. The van der Waals surface area contributed by atoms with Crippen LogP contribution in [0.2, 0.25) is 0 Å². The second-order valence-electron chi connectivity index (χ2n) is 3.75. The summed E-state index contributed by atoms with van der Waals surface area (Å²) in [6.07, 6.45) is 0. The molecule has 0 atom stereocenters. The first-order valence-corrected chi connectivity index (χ1v) is 6.43. The Balaban J connectivity index is 2.08. The van der Waals surface area contributed by atoms with Crippen molar-refractivity contribution < 1.29 is 9.59 Å². The van der Waals surface area contributed by atoms with E-state index in [1.165, 1.54) is 7.05 Å². The first kappa shape index (κ1) is 14.1. The molecule has 2 N–H and O–H groups in total. The number of imide groups is 1. The molecular formula is C11H11BrN6O2. The molecule has 8 nitrogen and oxygen atoms in total. The lowest BCUT2D eigenvalue weighted by atomic mass is 10.2. The average Bonchev–Trinajstić information content (AvgIpc) is 2.87. The Morgan fingerprint density at radius 2 is 2.10 bits per heavy atom. The lowest BCUT2D eigenvalue weighted by Crippen LogP contribution is -2.39. The molecule has 1 aromatic carbocycles. The third-order valence-electron chi connectivity index (χ3n) is 2.33. The van der Waals surface area contributed by atoms with Gasteiger partial charge in [-0.3, -0.25) is 10.1 Å². The topological polar surface area (TPSA) is 102 Å². The van der Waals surface area contributed by atoms with Gasteiger partial charge in [-0.2, -0.15) is 4.80 Å². The summed E-state index contributed by atoms with van der Waals surface area (Å²) in [6.45, 7) is -0.190. The summed E-state index contributed by atoms with van der Waals surface area (Å²) < 4.78 is 0.828. The van der Waals surface area contributed by atoms with Crippen molar-refractivity contribution in [3.8, 4) is 11.4 Å². The van der Waals surface area contributed by atoms with E-state index in [4.69, 9.17) is 0 Å². The van der Waals surface area contributed by atoms with Crippen molar-refractivity contribution in [2.45, 2.75) is 6.54 Å². The van der Waals surface area contributed by atoms with Crippen molar-refractivity contribution in [3.63, 3.8) is 0 Å². The van der Waals surface area contributed by atoms with E-state index in [1.54, 1.807) is 0 Å². The van der Waals surface area contributed by atoms with Crippen LogP contribution < -0.4 is 10.6 Å². The van der Waals surface area contributed by atoms with Crippen LogP contribution >= 0.6 is 15.9 Å². The Bertz CT molecular complexity index is 641. The van der Waals surface area contributed by atoms with Gasteiger partial charge >= 0.3 is 6.03 Å². The molecule has 0 aliphatic heterocycles. The maximum atomic E-state index is 11.5. The van der Waals surface area contributed by atoms with Crippen molar-refractivity contribution in [2.75, 3.05) is 7.05 Å². The third kappa shape index (κ3) is 3.38. The number of halogens is 1. The number of hydrogen-bond donors (Lipinski definition) is 2. The molecule has 0 saturated carbocycles. The van der Waals surface area contributed by atoms with Gasteiger partial charge in [0, 0.05) is 17.1 Å². The van der Waals surface area contributed by atoms with Crippen LogP contribution in [0.1, 0.15) is 0 Å². The van der Waals surface area contributed by atoms with Gasteiger partial charge in [-0.15, -0.1) is 10.2 Å². The van der Waals surface area contributed by atoms with Gasteiger partial charge in [-0.05, 0) is 17.3 Å². The van der Waals surface area contributed by atoms with Crippen LogP contribution in [0, 0.1) is 0 Å². The van der Waals surface area contributed by atoms with Gasteiger partial charge in [0.25, 0.3) is 5.91 Å². The molecule has 20 heavy (non-hydrogen) atoms. The van der Waals surface area contributed by atoms with Crippen molar-refractivity contribution in [1.29, 1.82) is 0 Å². The molecule has 0 saturated heterocycles. The summed E-state index contributed by atoms with van der Waals surface area (Å²) in [5.41, 5.74) is 0.769. The predicted octanol–water partition coefficient (Wildman–Crippen LogP) is 0.558. The largest absolute Gasteiger partial charge is 0.341 e. The van der Waals surface area contributed by atoms with Gasteiger partial charge in [0.1, 0.15) is 6.54 Å². The average molecular weight is 339 g/mol. The quantitative estimate of drug-likeness (QED) is 0.851. The number of benzene rings is 1. The van der Waals surface area contributed by atoms with Crippen LogP contribution in [-0.4, -0.2) is 39.2 Å². The van der Waals surface area contributed by atoms with Crippen molar-refractivity contribution in [2.24, 2.45) is 0 Å². The van der Waals surface area contributed by atoms with Crippen LogP contribution in [0.4, 0.5) is 4.79 Å². The predicted molar refractivity (Wildman–Crippen MR) is 73.6 cm³/mol. The molecule has 0 fully saturated rings. The standard InChI is InChI=1S/C11H11BrN6O2/c1-13-11(20)14-9(19)6-18-16-10(15-17-18)7-4-2-3-5-8(7)12/h2-5H,6H2,1H3,(H2,13,14,19,20). The number of urea groups is 1. The van der Waals surface area contributed by atoms with Gasteiger partial charge in [0.15, 0.2) is 0 Å². The summed E-state index contributed by atoms with van der Waals surface area (Å²) in [6, 6.07) is 6.82. The molecule has 2 aromatic rings. The molecule has 104 valence electrons. The second-order valence-corrected chi connectivity index (χ2v) is 4.60. The highest BCUT2D eigenvalue weighted by Gasteiger charge is 2.12. The maximum Gasteiger partial charge on any atom is 0.321 e. The SMILES string of the molecule is CNC(=O)NC(=O)Cn1nnc(-c2ccccc2Br)n1. The van der Waals surface area contributed by atoms with Crippen LogP contribution in [-0.2, 0) is 11.3 Å². The fourth-order valence-electron chi connectivity index (χ4n) is 1.42. The van der Waals surface area contributed by atoms with Crippen LogP contribution in [0.3, 0.4) is 0 Å². The molecule has 1 aromatic heterocycles. The molecule has 0 aliphatic carbocycles. The fraction of sp³-hybridized carbons (Fsp3) is 0.182. The van der Waals surface area contributed by atoms with E-state index in [-0.39, 0.29) is 6.54 Å². The zero-order valence-corrected chi connectivity index (χ0v) is 12.1. The Labute approximate surface area is 122 Å². The van der Waals surface area contributed by atoms with E-state index in [9.17, 15) is 9.59 Å². The Morgan fingerprint density at radius 1 is 1.35 bits per heavy atom. The van der Waals surface area contributed by atoms with E-state index >= 15 is 0 Å². The van der Waals surface area contributed by atoms with E-state index in [2.05, 4.69) is 42.0 Å². The normalized spacial score (nSPS) is 10.1. The highest BCUT2D eigenvalue weighted by molar-refractivity contribution is 9.10. The van der Waals surface area contributed by atoms with Crippen molar-refractivity contribution >= 4 is 27.9 Å². The number of carbonyl (C=O) groups excluding carboxylic acids is 2. The summed E-state index contributed by atoms with van der Waals surface area (Å²) in [7, 11) is 1.42. The molecule has 0 unspecified atom stereocenters. The molecule has 0 spiro atoms. The maximum absolute atomic E-state index is 11.5. The molecule has 0 aliphatic rings. The summed E-state index contributed by atoms with van der Waals surface area (Å²) in [4.78, 5) is 23.6.